The highest BCUT2D eigenvalue weighted by molar-refractivity contribution is 5.85. The van der Waals surface area contributed by atoms with Crippen molar-refractivity contribution in [2.24, 2.45) is 0 Å². The molecule has 7 heteroatoms. The number of carbonyl (C=O) groups is 1. The Balaban J connectivity index is 0.00000156. The number of rotatable bonds is 5. The highest BCUT2D eigenvalue weighted by Gasteiger charge is 2.21. The van der Waals surface area contributed by atoms with Gasteiger partial charge in [0.05, 0.1) is 6.54 Å². The third-order valence-electron chi connectivity index (χ3n) is 4.06. The molecule has 0 bridgehead atoms. The van der Waals surface area contributed by atoms with Gasteiger partial charge in [0, 0.05) is 31.0 Å². The van der Waals surface area contributed by atoms with Crippen LogP contribution in [0.5, 0.6) is 0 Å². The second-order valence-corrected chi connectivity index (χ2v) is 5.74. The lowest BCUT2D eigenvalue weighted by atomic mass is 10.0. The molecule has 1 aromatic carbocycles. The Morgan fingerprint density at radius 1 is 1.04 bits per heavy atom. The van der Waals surface area contributed by atoms with Gasteiger partial charge in [-0.25, -0.2) is 4.98 Å². The third-order valence-corrected chi connectivity index (χ3v) is 4.06. The summed E-state index contributed by atoms with van der Waals surface area (Å²) in [5, 5.41) is 6.25. The molecule has 2 aromatic rings. The maximum atomic E-state index is 12.0. The minimum Gasteiger partial charge on any atom is -0.376 e. The summed E-state index contributed by atoms with van der Waals surface area (Å²) >= 11 is 0. The summed E-state index contributed by atoms with van der Waals surface area (Å²) in [6, 6.07) is 16.0. The number of nitrogens with zero attached hydrogens (tertiary/aromatic N) is 2. The molecule has 1 aromatic heterocycles. The van der Waals surface area contributed by atoms with Gasteiger partial charge in [-0.1, -0.05) is 24.3 Å². The van der Waals surface area contributed by atoms with Crippen LogP contribution in [-0.2, 0) is 4.79 Å². The first-order valence-electron chi connectivity index (χ1n) is 8.05. The lowest BCUT2D eigenvalue weighted by molar-refractivity contribution is -0.120. The average molecular weight is 383 g/mol. The highest BCUT2D eigenvalue weighted by Crippen LogP contribution is 2.17. The molecule has 1 fully saturated rings. The molecule has 1 aliphatic rings. The maximum absolute atomic E-state index is 12.0. The number of anilines is 2. The van der Waals surface area contributed by atoms with Crippen molar-refractivity contribution in [1.82, 2.24) is 10.3 Å². The van der Waals surface area contributed by atoms with Crippen LogP contribution in [0, 0.1) is 0 Å². The highest BCUT2D eigenvalue weighted by atomic mass is 35.5. The van der Waals surface area contributed by atoms with Crippen LogP contribution in [0.4, 0.5) is 11.5 Å². The molecule has 2 N–H and O–H groups in total. The predicted molar refractivity (Wildman–Crippen MR) is 107 cm³/mol. The van der Waals surface area contributed by atoms with Gasteiger partial charge >= 0.3 is 0 Å². The number of benzene rings is 1. The van der Waals surface area contributed by atoms with E-state index in [9.17, 15) is 4.79 Å². The van der Waals surface area contributed by atoms with Crippen molar-refractivity contribution in [2.45, 2.75) is 18.9 Å². The Kier molecular flexibility index (Phi) is 9.10. The Labute approximate surface area is 161 Å². The zero-order valence-corrected chi connectivity index (χ0v) is 15.6. The molecule has 0 atom stereocenters. The molecule has 25 heavy (non-hydrogen) atoms. The smallest absolute Gasteiger partial charge is 0.239 e. The van der Waals surface area contributed by atoms with Crippen molar-refractivity contribution in [1.29, 1.82) is 0 Å². The summed E-state index contributed by atoms with van der Waals surface area (Å²) in [5.74, 6) is 1.06. The first-order valence-corrected chi connectivity index (χ1v) is 8.05. The lowest BCUT2D eigenvalue weighted by Crippen LogP contribution is -2.46. The molecule has 136 valence electrons. The van der Waals surface area contributed by atoms with Gasteiger partial charge in [0.1, 0.15) is 5.82 Å². The number of carbonyl (C=O) groups excluding carboxylic acids is 1. The van der Waals surface area contributed by atoms with Crippen LogP contribution < -0.4 is 15.5 Å². The van der Waals surface area contributed by atoms with Crippen molar-refractivity contribution in [3.63, 3.8) is 0 Å². The van der Waals surface area contributed by atoms with Crippen LogP contribution in [0.2, 0.25) is 0 Å². The lowest BCUT2D eigenvalue weighted by Gasteiger charge is -2.33. The molecule has 3 rings (SSSR count). The number of halogens is 2. The number of pyridine rings is 1. The van der Waals surface area contributed by atoms with E-state index in [0.717, 1.165) is 37.4 Å². The van der Waals surface area contributed by atoms with Crippen molar-refractivity contribution >= 4 is 42.2 Å². The summed E-state index contributed by atoms with van der Waals surface area (Å²) in [4.78, 5) is 18.7. The number of para-hydroxylation sites is 1. The maximum Gasteiger partial charge on any atom is 0.239 e. The van der Waals surface area contributed by atoms with Crippen LogP contribution in [0.15, 0.2) is 54.7 Å². The van der Waals surface area contributed by atoms with E-state index in [1.807, 2.05) is 54.7 Å². The summed E-state index contributed by atoms with van der Waals surface area (Å²) < 4.78 is 0. The van der Waals surface area contributed by atoms with Gasteiger partial charge in [0.25, 0.3) is 0 Å². The number of amides is 1. The number of piperidine rings is 1. The summed E-state index contributed by atoms with van der Waals surface area (Å²) in [6.07, 6.45) is 3.72. The van der Waals surface area contributed by atoms with E-state index in [1.165, 1.54) is 0 Å². The van der Waals surface area contributed by atoms with Crippen LogP contribution in [0.3, 0.4) is 0 Å². The summed E-state index contributed by atoms with van der Waals surface area (Å²) in [7, 11) is 0. The molecule has 1 aliphatic heterocycles. The fourth-order valence-electron chi connectivity index (χ4n) is 2.81. The van der Waals surface area contributed by atoms with Crippen molar-refractivity contribution in [2.75, 3.05) is 29.9 Å². The van der Waals surface area contributed by atoms with Gasteiger partial charge < -0.3 is 15.5 Å². The Hall–Kier alpha value is -1.98. The van der Waals surface area contributed by atoms with Gasteiger partial charge in [-0.15, -0.1) is 24.8 Å². The van der Waals surface area contributed by atoms with E-state index in [1.54, 1.807) is 0 Å². The zero-order chi connectivity index (χ0) is 15.9. The third kappa shape index (κ3) is 6.44. The minimum atomic E-state index is 0. The standard InChI is InChI=1S/C18H22N4O.2ClH/c23-18(14-20-15-6-2-1-3-7-15)21-16-9-12-22(13-10-16)17-8-4-5-11-19-17;;/h1-8,11,16,20H,9-10,12-14H2,(H,21,23);2*1H. The Morgan fingerprint density at radius 2 is 1.72 bits per heavy atom. The second kappa shape index (κ2) is 10.8. The second-order valence-electron chi connectivity index (χ2n) is 5.74. The number of hydrogen-bond donors (Lipinski definition) is 2. The molecule has 1 saturated heterocycles. The van der Waals surface area contributed by atoms with Gasteiger partial charge in [0.2, 0.25) is 5.91 Å². The van der Waals surface area contributed by atoms with Crippen LogP contribution in [0.1, 0.15) is 12.8 Å². The molecular formula is C18H24Cl2N4O. The van der Waals surface area contributed by atoms with Crippen LogP contribution >= 0.6 is 24.8 Å². The fraction of sp³-hybridized carbons (Fsp3) is 0.333. The Morgan fingerprint density at radius 3 is 2.36 bits per heavy atom. The first-order chi connectivity index (χ1) is 11.3. The quantitative estimate of drug-likeness (QED) is 0.833. The van der Waals surface area contributed by atoms with Gasteiger partial charge in [0.15, 0.2) is 0 Å². The molecule has 0 saturated carbocycles. The number of nitrogens with one attached hydrogen (secondary N) is 2. The predicted octanol–water partition coefficient (Wildman–Crippen LogP) is 3.12. The monoisotopic (exact) mass is 382 g/mol. The van der Waals surface area contributed by atoms with E-state index >= 15 is 0 Å². The molecule has 0 aliphatic carbocycles. The largest absolute Gasteiger partial charge is 0.376 e. The van der Waals surface area contributed by atoms with E-state index in [4.69, 9.17) is 0 Å². The van der Waals surface area contributed by atoms with Crippen LogP contribution in [-0.4, -0.2) is 36.6 Å². The summed E-state index contributed by atoms with van der Waals surface area (Å²) in [6.45, 7) is 2.16. The molecule has 5 nitrogen and oxygen atoms in total. The molecule has 2 heterocycles. The summed E-state index contributed by atoms with van der Waals surface area (Å²) in [5.41, 5.74) is 0.965. The van der Waals surface area contributed by atoms with E-state index in [0.29, 0.717) is 6.54 Å². The number of hydrogen-bond acceptors (Lipinski definition) is 4. The van der Waals surface area contributed by atoms with E-state index in [2.05, 4.69) is 20.5 Å². The molecule has 0 spiro atoms. The van der Waals surface area contributed by atoms with Crippen molar-refractivity contribution in [3.05, 3.63) is 54.7 Å². The van der Waals surface area contributed by atoms with Crippen LogP contribution in [0.25, 0.3) is 0 Å². The van der Waals surface area contributed by atoms with Gasteiger partial charge in [-0.2, -0.15) is 0 Å². The average Bonchev–Trinajstić information content (AvgIpc) is 2.62. The minimum absolute atomic E-state index is 0. The fourth-order valence-corrected chi connectivity index (χ4v) is 2.81. The molecule has 0 radical (unpaired) electrons. The SMILES string of the molecule is Cl.Cl.O=C(CNc1ccccc1)NC1CCN(c2ccccn2)CC1. The first kappa shape index (κ1) is 21.1. The molecule has 0 unspecified atom stereocenters. The van der Waals surface area contributed by atoms with E-state index < -0.39 is 0 Å². The normalized spacial score (nSPS) is 14.0. The number of aromatic nitrogens is 1. The Bertz CT molecular complexity index is 619. The molecule has 1 amide bonds. The van der Waals surface area contributed by atoms with Crippen molar-refractivity contribution in [3.8, 4) is 0 Å². The van der Waals surface area contributed by atoms with Gasteiger partial charge in [-0.3, -0.25) is 4.79 Å². The molecular weight excluding hydrogens is 359 g/mol. The van der Waals surface area contributed by atoms with E-state index in [-0.39, 0.29) is 36.8 Å². The zero-order valence-electron chi connectivity index (χ0n) is 13.9. The van der Waals surface area contributed by atoms with Gasteiger partial charge in [-0.05, 0) is 37.1 Å². The van der Waals surface area contributed by atoms with Crippen molar-refractivity contribution < 1.29 is 4.79 Å². The topological polar surface area (TPSA) is 57.3 Å².